The van der Waals surface area contributed by atoms with E-state index >= 15 is 0 Å². The summed E-state index contributed by atoms with van der Waals surface area (Å²) in [5.74, 6) is -1.37. The van der Waals surface area contributed by atoms with Crippen molar-refractivity contribution in [2.24, 2.45) is 0 Å². The molecule has 0 atom stereocenters. The van der Waals surface area contributed by atoms with Crippen LogP contribution in [0.4, 0.5) is 23.2 Å². The van der Waals surface area contributed by atoms with Crippen LogP contribution in [0.1, 0.15) is 0 Å². The Morgan fingerprint density at radius 2 is 1.65 bits per heavy atom. The van der Waals surface area contributed by atoms with Gasteiger partial charge in [0.25, 0.3) is 10.0 Å². The Labute approximate surface area is 137 Å². The Hall–Kier alpha value is -1.81. The van der Waals surface area contributed by atoms with E-state index in [4.69, 9.17) is 0 Å². The minimum absolute atomic E-state index is 0.288. The molecule has 2 rings (SSSR count). The summed E-state index contributed by atoms with van der Waals surface area (Å²) in [6, 6.07) is 7.23. The first-order valence-electron chi connectivity index (χ1n) is 5.90. The van der Waals surface area contributed by atoms with Gasteiger partial charge in [-0.3, -0.25) is 4.72 Å². The minimum atomic E-state index is -4.88. The van der Waals surface area contributed by atoms with Crippen LogP contribution in [0.5, 0.6) is 5.75 Å². The summed E-state index contributed by atoms with van der Waals surface area (Å²) >= 11 is 3.03. The molecule has 0 aliphatic carbocycles. The Balaban J connectivity index is 2.22. The molecule has 0 bridgehead atoms. The van der Waals surface area contributed by atoms with Gasteiger partial charge in [-0.25, -0.2) is 12.8 Å². The zero-order valence-electron chi connectivity index (χ0n) is 11.1. The number of sulfonamides is 1. The predicted octanol–water partition coefficient (Wildman–Crippen LogP) is 4.29. The van der Waals surface area contributed by atoms with Crippen molar-refractivity contribution in [2.45, 2.75) is 11.3 Å². The molecule has 0 aromatic heterocycles. The molecule has 2 aromatic rings. The SMILES string of the molecule is O=S(=O)(Nc1ccc(Br)cc1F)c1ccc(OC(F)(F)F)cc1. The average molecular weight is 414 g/mol. The molecule has 0 spiro atoms. The summed E-state index contributed by atoms with van der Waals surface area (Å²) in [4.78, 5) is -0.339. The van der Waals surface area contributed by atoms with Gasteiger partial charge in [0.1, 0.15) is 11.6 Å². The maximum atomic E-state index is 13.6. The third kappa shape index (κ3) is 4.83. The Morgan fingerprint density at radius 3 is 2.17 bits per heavy atom. The van der Waals surface area contributed by atoms with Gasteiger partial charge in [0.05, 0.1) is 10.6 Å². The Kier molecular flexibility index (Phi) is 4.85. The number of alkyl halides is 3. The first-order chi connectivity index (χ1) is 10.6. The largest absolute Gasteiger partial charge is 0.573 e. The van der Waals surface area contributed by atoms with Crippen molar-refractivity contribution < 1.29 is 30.7 Å². The van der Waals surface area contributed by atoms with Crippen molar-refractivity contribution in [3.8, 4) is 5.75 Å². The molecule has 0 heterocycles. The van der Waals surface area contributed by atoms with E-state index in [0.29, 0.717) is 4.47 Å². The van der Waals surface area contributed by atoms with E-state index in [1.54, 1.807) is 0 Å². The van der Waals surface area contributed by atoms with Gasteiger partial charge in [0, 0.05) is 4.47 Å². The molecule has 0 aliphatic heterocycles. The highest BCUT2D eigenvalue weighted by atomic mass is 79.9. The zero-order chi connectivity index (χ0) is 17.3. The topological polar surface area (TPSA) is 55.4 Å². The lowest BCUT2D eigenvalue weighted by Gasteiger charge is -2.11. The summed E-state index contributed by atoms with van der Waals surface area (Å²) in [6.07, 6.45) is -4.88. The molecule has 10 heteroatoms. The normalized spacial score (nSPS) is 12.0. The van der Waals surface area contributed by atoms with Crippen molar-refractivity contribution in [3.05, 3.63) is 52.8 Å². The molecule has 0 fully saturated rings. The molecule has 2 aromatic carbocycles. The number of nitrogens with one attached hydrogen (secondary N) is 1. The Morgan fingerprint density at radius 1 is 1.04 bits per heavy atom. The maximum absolute atomic E-state index is 13.6. The lowest BCUT2D eigenvalue weighted by atomic mass is 10.3. The van der Waals surface area contributed by atoms with Crippen LogP contribution >= 0.6 is 15.9 Å². The third-order valence-corrected chi connectivity index (χ3v) is 4.42. The van der Waals surface area contributed by atoms with Crippen LogP contribution in [0.25, 0.3) is 0 Å². The predicted molar refractivity (Wildman–Crippen MR) is 78.0 cm³/mol. The lowest BCUT2D eigenvalue weighted by Crippen LogP contribution is -2.17. The second-order valence-corrected chi connectivity index (χ2v) is 6.85. The van der Waals surface area contributed by atoms with Crippen molar-refractivity contribution in [2.75, 3.05) is 4.72 Å². The lowest BCUT2D eigenvalue weighted by molar-refractivity contribution is -0.274. The summed E-state index contributed by atoms with van der Waals surface area (Å²) < 4.78 is 80.0. The second kappa shape index (κ2) is 6.36. The van der Waals surface area contributed by atoms with E-state index < -0.39 is 28.0 Å². The van der Waals surface area contributed by atoms with Crippen LogP contribution in [0, 0.1) is 5.82 Å². The van der Waals surface area contributed by atoms with E-state index in [1.807, 2.05) is 4.72 Å². The molecule has 4 nitrogen and oxygen atoms in total. The van der Waals surface area contributed by atoms with E-state index in [9.17, 15) is 26.0 Å². The minimum Gasteiger partial charge on any atom is -0.406 e. The molecule has 23 heavy (non-hydrogen) atoms. The van der Waals surface area contributed by atoms with Crippen molar-refractivity contribution in [1.29, 1.82) is 0 Å². The fraction of sp³-hybridized carbons (Fsp3) is 0.0769. The fourth-order valence-electron chi connectivity index (χ4n) is 1.60. The maximum Gasteiger partial charge on any atom is 0.573 e. The van der Waals surface area contributed by atoms with Crippen molar-refractivity contribution >= 4 is 31.6 Å². The highest BCUT2D eigenvalue weighted by Crippen LogP contribution is 2.26. The molecular weight excluding hydrogens is 406 g/mol. The monoisotopic (exact) mass is 413 g/mol. The highest BCUT2D eigenvalue weighted by Gasteiger charge is 2.31. The van der Waals surface area contributed by atoms with Crippen LogP contribution < -0.4 is 9.46 Å². The first-order valence-corrected chi connectivity index (χ1v) is 8.18. The summed E-state index contributed by atoms with van der Waals surface area (Å²) in [5.41, 5.74) is -0.288. The van der Waals surface area contributed by atoms with E-state index in [2.05, 4.69) is 20.7 Å². The van der Waals surface area contributed by atoms with Crippen LogP contribution in [0.15, 0.2) is 51.8 Å². The van der Waals surface area contributed by atoms with Gasteiger partial charge < -0.3 is 4.74 Å². The average Bonchev–Trinajstić information content (AvgIpc) is 2.41. The van der Waals surface area contributed by atoms with Gasteiger partial charge in [0.15, 0.2) is 0 Å². The van der Waals surface area contributed by atoms with Gasteiger partial charge in [0.2, 0.25) is 0 Å². The summed E-state index contributed by atoms with van der Waals surface area (Å²) in [6.45, 7) is 0. The second-order valence-electron chi connectivity index (χ2n) is 4.25. The zero-order valence-corrected chi connectivity index (χ0v) is 13.5. The number of anilines is 1. The highest BCUT2D eigenvalue weighted by molar-refractivity contribution is 9.10. The van der Waals surface area contributed by atoms with Gasteiger partial charge in [-0.15, -0.1) is 13.2 Å². The molecule has 0 aliphatic rings. The molecule has 0 amide bonds. The number of hydrogen-bond donors (Lipinski definition) is 1. The van der Waals surface area contributed by atoms with E-state index in [0.717, 1.165) is 30.3 Å². The molecule has 124 valence electrons. The third-order valence-electron chi connectivity index (χ3n) is 2.54. The van der Waals surface area contributed by atoms with Gasteiger partial charge in [-0.2, -0.15) is 0 Å². The standard InChI is InChI=1S/C13H8BrF4NO3S/c14-8-1-6-12(11(15)7-8)19-23(20,21)10-4-2-9(3-5-10)22-13(16,17)18/h1-7,19H. The van der Waals surface area contributed by atoms with E-state index in [1.165, 1.54) is 12.1 Å². The number of hydrogen-bond acceptors (Lipinski definition) is 3. The first kappa shape index (κ1) is 17.5. The summed E-state index contributed by atoms with van der Waals surface area (Å²) in [7, 11) is -4.15. The Bertz CT molecular complexity index is 807. The van der Waals surface area contributed by atoms with Gasteiger partial charge in [-0.05, 0) is 42.5 Å². The number of ether oxygens (including phenoxy) is 1. The van der Waals surface area contributed by atoms with Crippen molar-refractivity contribution in [3.63, 3.8) is 0 Å². The van der Waals surface area contributed by atoms with Crippen LogP contribution in [-0.2, 0) is 10.0 Å². The molecule has 0 radical (unpaired) electrons. The molecule has 1 N–H and O–H groups in total. The van der Waals surface area contributed by atoms with Crippen LogP contribution in [0.3, 0.4) is 0 Å². The van der Waals surface area contributed by atoms with Crippen LogP contribution in [-0.4, -0.2) is 14.8 Å². The molecule has 0 saturated heterocycles. The molecular formula is C13H8BrF4NO3S. The smallest absolute Gasteiger partial charge is 0.406 e. The molecule has 0 saturated carbocycles. The van der Waals surface area contributed by atoms with Crippen LogP contribution in [0.2, 0.25) is 0 Å². The molecule has 0 unspecified atom stereocenters. The van der Waals surface area contributed by atoms with Gasteiger partial charge in [-0.1, -0.05) is 15.9 Å². The summed E-state index contributed by atoms with van der Waals surface area (Å²) in [5, 5.41) is 0. The number of benzene rings is 2. The number of halogens is 5. The number of rotatable bonds is 4. The van der Waals surface area contributed by atoms with E-state index in [-0.39, 0.29) is 10.6 Å². The van der Waals surface area contributed by atoms with Gasteiger partial charge >= 0.3 is 6.36 Å². The van der Waals surface area contributed by atoms with Crippen molar-refractivity contribution in [1.82, 2.24) is 0 Å². The fourth-order valence-corrected chi connectivity index (χ4v) is 3.00. The quantitative estimate of drug-likeness (QED) is 0.760.